The SMILES string of the molecule is Cc1ccc(-n2ncc3c(=O)n(NC(=O)c4cc(=O)c5ccccc5o4)cnc32)cc1. The van der Waals surface area contributed by atoms with E-state index in [1.165, 1.54) is 12.5 Å². The summed E-state index contributed by atoms with van der Waals surface area (Å²) in [7, 11) is 0. The van der Waals surface area contributed by atoms with Crippen LogP contribution in [0.4, 0.5) is 0 Å². The minimum absolute atomic E-state index is 0.217. The van der Waals surface area contributed by atoms with Crippen LogP contribution < -0.4 is 16.4 Å². The van der Waals surface area contributed by atoms with Gasteiger partial charge < -0.3 is 4.42 Å². The Balaban J connectivity index is 1.51. The van der Waals surface area contributed by atoms with E-state index in [0.717, 1.165) is 22.0 Å². The summed E-state index contributed by atoms with van der Waals surface area (Å²) in [6.45, 7) is 1.97. The standard InChI is InChI=1S/C22H15N5O4/c1-13-6-8-14(9-7-13)27-20-16(11-24-27)22(30)26(12-23-20)25-21(29)19-10-17(28)15-4-2-3-5-18(15)31-19/h2-12H,1H3,(H,25,29). The fourth-order valence-electron chi connectivity index (χ4n) is 3.25. The molecule has 1 amide bonds. The molecule has 0 unspecified atom stereocenters. The molecule has 0 aliphatic rings. The van der Waals surface area contributed by atoms with Crippen LogP contribution in [0.1, 0.15) is 16.1 Å². The number of hydrogen-bond donors (Lipinski definition) is 1. The Hall–Kier alpha value is -4.53. The lowest BCUT2D eigenvalue weighted by molar-refractivity contribution is 0.0981. The van der Waals surface area contributed by atoms with Gasteiger partial charge in [0.1, 0.15) is 17.3 Å². The first-order chi connectivity index (χ1) is 15.0. The molecule has 0 fully saturated rings. The average Bonchev–Trinajstić information content (AvgIpc) is 3.21. The highest BCUT2D eigenvalue weighted by atomic mass is 16.3. The number of nitrogens with one attached hydrogen (secondary N) is 1. The lowest BCUT2D eigenvalue weighted by Crippen LogP contribution is -2.33. The Morgan fingerprint density at radius 1 is 1.03 bits per heavy atom. The minimum atomic E-state index is -0.753. The first-order valence-corrected chi connectivity index (χ1v) is 9.38. The smallest absolute Gasteiger partial charge is 0.306 e. The van der Waals surface area contributed by atoms with Crippen molar-refractivity contribution in [3.8, 4) is 5.69 Å². The molecule has 0 radical (unpaired) electrons. The quantitative estimate of drug-likeness (QED) is 0.486. The number of fused-ring (bicyclic) bond motifs is 2. The van der Waals surface area contributed by atoms with E-state index in [0.29, 0.717) is 11.0 Å². The fraction of sp³-hybridized carbons (Fsp3) is 0.0455. The van der Waals surface area contributed by atoms with Crippen molar-refractivity contribution in [1.29, 1.82) is 0 Å². The van der Waals surface area contributed by atoms with Gasteiger partial charge in [-0.3, -0.25) is 19.8 Å². The summed E-state index contributed by atoms with van der Waals surface area (Å²) in [5.41, 5.74) is 4.02. The second-order valence-electron chi connectivity index (χ2n) is 6.96. The Bertz CT molecular complexity index is 1580. The average molecular weight is 413 g/mol. The number of aromatic nitrogens is 4. The van der Waals surface area contributed by atoms with Gasteiger partial charge in [0.05, 0.1) is 17.3 Å². The summed E-state index contributed by atoms with van der Waals surface area (Å²) in [6, 6.07) is 15.3. The van der Waals surface area contributed by atoms with Crippen LogP contribution in [0.15, 0.2) is 81.1 Å². The molecule has 0 bridgehead atoms. The van der Waals surface area contributed by atoms with Crippen molar-refractivity contribution in [2.45, 2.75) is 6.92 Å². The summed E-state index contributed by atoms with van der Waals surface area (Å²) in [4.78, 5) is 41.9. The van der Waals surface area contributed by atoms with Crippen molar-refractivity contribution in [2.24, 2.45) is 0 Å². The molecule has 152 valence electrons. The van der Waals surface area contributed by atoms with E-state index in [2.05, 4.69) is 15.5 Å². The van der Waals surface area contributed by atoms with Gasteiger partial charge in [0, 0.05) is 6.07 Å². The van der Waals surface area contributed by atoms with E-state index in [1.54, 1.807) is 28.9 Å². The van der Waals surface area contributed by atoms with Gasteiger partial charge in [0.15, 0.2) is 16.8 Å². The molecule has 9 nitrogen and oxygen atoms in total. The van der Waals surface area contributed by atoms with E-state index in [4.69, 9.17) is 4.42 Å². The number of carbonyl (C=O) groups is 1. The topological polar surface area (TPSA) is 112 Å². The van der Waals surface area contributed by atoms with Crippen molar-refractivity contribution in [2.75, 3.05) is 5.43 Å². The van der Waals surface area contributed by atoms with Crippen LogP contribution in [-0.2, 0) is 0 Å². The first kappa shape index (κ1) is 18.5. The summed E-state index contributed by atoms with van der Waals surface area (Å²) in [5, 5.41) is 4.84. The fourth-order valence-corrected chi connectivity index (χ4v) is 3.25. The number of benzene rings is 2. The van der Waals surface area contributed by atoms with Crippen LogP contribution in [0.2, 0.25) is 0 Å². The van der Waals surface area contributed by atoms with Gasteiger partial charge in [-0.05, 0) is 31.2 Å². The Labute approximate surface area is 174 Å². The minimum Gasteiger partial charge on any atom is -0.451 e. The number of amides is 1. The Morgan fingerprint density at radius 3 is 2.61 bits per heavy atom. The normalized spacial score (nSPS) is 11.1. The third kappa shape index (κ3) is 3.18. The van der Waals surface area contributed by atoms with Crippen LogP contribution in [0, 0.1) is 6.92 Å². The van der Waals surface area contributed by atoms with Crippen molar-refractivity contribution >= 4 is 27.9 Å². The second-order valence-corrected chi connectivity index (χ2v) is 6.96. The van der Waals surface area contributed by atoms with Gasteiger partial charge in [-0.15, -0.1) is 0 Å². The molecule has 0 aliphatic carbocycles. The van der Waals surface area contributed by atoms with Crippen molar-refractivity contribution in [3.63, 3.8) is 0 Å². The van der Waals surface area contributed by atoms with E-state index in [1.807, 2.05) is 31.2 Å². The molecule has 0 atom stereocenters. The summed E-state index contributed by atoms with van der Waals surface area (Å²) < 4.78 is 7.99. The Kier molecular flexibility index (Phi) is 4.21. The predicted octanol–water partition coefficient (Wildman–Crippen LogP) is 2.38. The lowest BCUT2D eigenvalue weighted by atomic mass is 10.2. The van der Waals surface area contributed by atoms with Gasteiger partial charge in [-0.2, -0.15) is 5.10 Å². The third-order valence-electron chi connectivity index (χ3n) is 4.85. The van der Waals surface area contributed by atoms with E-state index in [9.17, 15) is 14.4 Å². The molecule has 9 heteroatoms. The van der Waals surface area contributed by atoms with E-state index < -0.39 is 11.5 Å². The molecule has 31 heavy (non-hydrogen) atoms. The maximum Gasteiger partial charge on any atom is 0.306 e. The van der Waals surface area contributed by atoms with Crippen molar-refractivity contribution < 1.29 is 9.21 Å². The highest BCUT2D eigenvalue weighted by Crippen LogP contribution is 2.15. The molecular weight excluding hydrogens is 398 g/mol. The number of para-hydroxylation sites is 1. The van der Waals surface area contributed by atoms with Crippen molar-refractivity contribution in [3.05, 3.63) is 99.0 Å². The van der Waals surface area contributed by atoms with Crippen LogP contribution >= 0.6 is 0 Å². The number of hydrogen-bond acceptors (Lipinski definition) is 6. The van der Waals surface area contributed by atoms with Crippen LogP contribution in [-0.4, -0.2) is 25.3 Å². The number of carbonyl (C=O) groups excluding carboxylic acids is 1. The first-order valence-electron chi connectivity index (χ1n) is 9.38. The lowest BCUT2D eigenvalue weighted by Gasteiger charge is -2.08. The number of nitrogens with zero attached hydrogens (tertiary/aromatic N) is 4. The molecule has 5 aromatic rings. The van der Waals surface area contributed by atoms with Crippen LogP contribution in [0.25, 0.3) is 27.7 Å². The zero-order valence-electron chi connectivity index (χ0n) is 16.3. The van der Waals surface area contributed by atoms with Gasteiger partial charge in [-0.1, -0.05) is 29.8 Å². The highest BCUT2D eigenvalue weighted by Gasteiger charge is 2.16. The van der Waals surface area contributed by atoms with E-state index >= 15 is 0 Å². The van der Waals surface area contributed by atoms with Crippen LogP contribution in [0.3, 0.4) is 0 Å². The molecule has 0 aliphatic heterocycles. The Morgan fingerprint density at radius 2 is 1.81 bits per heavy atom. The second kappa shape index (κ2) is 7.06. The van der Waals surface area contributed by atoms with Gasteiger partial charge >= 0.3 is 5.91 Å². The summed E-state index contributed by atoms with van der Waals surface area (Å²) in [5.74, 6) is -0.969. The molecule has 0 spiro atoms. The summed E-state index contributed by atoms with van der Waals surface area (Å²) in [6.07, 6.45) is 2.58. The molecule has 0 saturated carbocycles. The molecular formula is C22H15N5O4. The number of rotatable bonds is 3. The third-order valence-corrected chi connectivity index (χ3v) is 4.85. The zero-order chi connectivity index (χ0) is 21.5. The largest absolute Gasteiger partial charge is 0.451 e. The molecule has 1 N–H and O–H groups in total. The molecule has 3 heterocycles. The monoisotopic (exact) mass is 413 g/mol. The predicted molar refractivity (Wildman–Crippen MR) is 114 cm³/mol. The maximum absolute atomic E-state index is 12.8. The van der Waals surface area contributed by atoms with Crippen molar-refractivity contribution in [1.82, 2.24) is 19.4 Å². The van der Waals surface area contributed by atoms with Gasteiger partial charge in [0.25, 0.3) is 5.56 Å². The van der Waals surface area contributed by atoms with Gasteiger partial charge in [0.2, 0.25) is 0 Å². The zero-order valence-corrected chi connectivity index (χ0v) is 16.3. The maximum atomic E-state index is 12.8. The number of aryl methyl sites for hydroxylation is 1. The van der Waals surface area contributed by atoms with E-state index in [-0.39, 0.29) is 22.2 Å². The van der Waals surface area contributed by atoms with Gasteiger partial charge in [-0.25, -0.2) is 14.3 Å². The molecule has 5 rings (SSSR count). The van der Waals surface area contributed by atoms with Crippen LogP contribution in [0.5, 0.6) is 0 Å². The molecule has 3 aromatic heterocycles. The highest BCUT2D eigenvalue weighted by molar-refractivity contribution is 5.98. The molecule has 0 saturated heterocycles. The molecule has 2 aromatic carbocycles. The summed E-state index contributed by atoms with van der Waals surface area (Å²) >= 11 is 0.